The van der Waals surface area contributed by atoms with Crippen LogP contribution in [-0.2, 0) is 27.3 Å². The van der Waals surface area contributed by atoms with Gasteiger partial charge in [0.25, 0.3) is 5.91 Å². The summed E-state index contributed by atoms with van der Waals surface area (Å²) in [5.41, 5.74) is 3.48. The van der Waals surface area contributed by atoms with Gasteiger partial charge in [-0.25, -0.2) is 9.69 Å². The highest BCUT2D eigenvalue weighted by Gasteiger charge is 2.43. The van der Waals surface area contributed by atoms with Crippen molar-refractivity contribution in [3.63, 3.8) is 0 Å². The van der Waals surface area contributed by atoms with Gasteiger partial charge in [0, 0.05) is 18.7 Å². The Balaban J connectivity index is 1.20. The summed E-state index contributed by atoms with van der Waals surface area (Å²) >= 11 is 0. The van der Waals surface area contributed by atoms with Crippen LogP contribution in [0.5, 0.6) is 5.75 Å². The third-order valence-electron chi connectivity index (χ3n) is 6.83. The van der Waals surface area contributed by atoms with E-state index in [4.69, 9.17) is 9.47 Å². The fraction of sp³-hybridized carbons (Fsp3) is 0.241. The lowest BCUT2D eigenvalue weighted by atomic mass is 9.98. The van der Waals surface area contributed by atoms with Gasteiger partial charge in [-0.1, -0.05) is 24.3 Å². The number of esters is 1. The number of amides is 2. The first-order chi connectivity index (χ1) is 17.9. The van der Waals surface area contributed by atoms with Crippen LogP contribution < -0.4 is 9.64 Å². The molecule has 5 rings (SSSR count). The maximum absolute atomic E-state index is 13.2. The Morgan fingerprint density at radius 2 is 1.57 bits per heavy atom. The largest absolute Gasteiger partial charge is 0.497 e. The Hall–Kier alpha value is -4.30. The van der Waals surface area contributed by atoms with Gasteiger partial charge in [0.2, 0.25) is 5.91 Å². The highest BCUT2D eigenvalue weighted by atomic mass is 16.5. The lowest BCUT2D eigenvalue weighted by molar-refractivity contribution is -0.123. The molecule has 3 aromatic carbocycles. The number of hydrogen-bond donors (Lipinski definition) is 0. The number of Topliss-reactive ketones (excluding diaryl/α,β-unsaturated/α-hetero) is 1. The second-order valence-electron chi connectivity index (χ2n) is 9.05. The molecule has 1 saturated heterocycles. The molecule has 3 aromatic rings. The van der Waals surface area contributed by atoms with Crippen molar-refractivity contribution in [1.29, 1.82) is 0 Å². The van der Waals surface area contributed by atoms with Crippen LogP contribution in [0.1, 0.15) is 38.3 Å². The number of carbonyl (C=O) groups excluding carboxylic acids is 4. The van der Waals surface area contributed by atoms with Crippen molar-refractivity contribution in [2.45, 2.75) is 25.4 Å². The van der Waals surface area contributed by atoms with Crippen molar-refractivity contribution in [3.05, 3.63) is 95.1 Å². The molecule has 0 saturated carbocycles. The summed E-state index contributed by atoms with van der Waals surface area (Å²) in [4.78, 5) is 54.0. The molecule has 8 nitrogen and oxygen atoms in total. The van der Waals surface area contributed by atoms with Gasteiger partial charge < -0.3 is 9.47 Å². The van der Waals surface area contributed by atoms with Crippen molar-refractivity contribution >= 4 is 29.3 Å². The zero-order chi connectivity index (χ0) is 25.9. The number of rotatable bonds is 7. The monoisotopic (exact) mass is 498 g/mol. The van der Waals surface area contributed by atoms with Gasteiger partial charge in [0.15, 0.2) is 12.4 Å². The number of ether oxygens (including phenoxy) is 2. The number of fused-ring (bicyclic) bond motifs is 1. The van der Waals surface area contributed by atoms with E-state index < -0.39 is 18.6 Å². The molecule has 2 aliphatic rings. The van der Waals surface area contributed by atoms with Crippen LogP contribution in [-0.4, -0.2) is 54.8 Å². The van der Waals surface area contributed by atoms with Crippen LogP contribution >= 0.6 is 0 Å². The lowest BCUT2D eigenvalue weighted by Gasteiger charge is -2.32. The predicted octanol–water partition coefficient (Wildman–Crippen LogP) is 3.43. The fourth-order valence-corrected chi connectivity index (χ4v) is 4.78. The van der Waals surface area contributed by atoms with Gasteiger partial charge in [0.1, 0.15) is 5.75 Å². The molecule has 0 spiro atoms. The first-order valence-electron chi connectivity index (χ1n) is 12.1. The van der Waals surface area contributed by atoms with Gasteiger partial charge >= 0.3 is 5.97 Å². The number of anilines is 1. The molecule has 188 valence electrons. The number of carbonyl (C=O) groups is 4. The summed E-state index contributed by atoms with van der Waals surface area (Å²) in [5.74, 6) is -0.917. The third kappa shape index (κ3) is 5.01. The maximum Gasteiger partial charge on any atom is 0.338 e. The minimum Gasteiger partial charge on any atom is -0.497 e. The van der Waals surface area contributed by atoms with Crippen LogP contribution in [0.2, 0.25) is 0 Å². The van der Waals surface area contributed by atoms with E-state index in [1.165, 1.54) is 35.3 Å². The van der Waals surface area contributed by atoms with E-state index in [0.29, 0.717) is 30.1 Å². The molecule has 1 atom stereocenters. The second-order valence-corrected chi connectivity index (χ2v) is 9.05. The Labute approximate surface area is 214 Å². The Kier molecular flexibility index (Phi) is 6.83. The van der Waals surface area contributed by atoms with Crippen molar-refractivity contribution in [2.75, 3.05) is 25.2 Å². The van der Waals surface area contributed by atoms with E-state index in [1.54, 1.807) is 36.4 Å². The zero-order valence-corrected chi connectivity index (χ0v) is 20.4. The average molecular weight is 499 g/mol. The average Bonchev–Trinajstić information content (AvgIpc) is 3.24. The summed E-state index contributed by atoms with van der Waals surface area (Å²) in [5, 5.41) is 0. The molecule has 1 unspecified atom stereocenters. The summed E-state index contributed by atoms with van der Waals surface area (Å²) < 4.78 is 10.2. The summed E-state index contributed by atoms with van der Waals surface area (Å²) in [7, 11) is 1.53. The molecule has 2 aliphatic heterocycles. The SMILES string of the molecule is COc1ccc(C(=O)COC(=O)c2ccc(N3C(=O)CC(N4CCc5ccccc5C4)C3=O)cc2)cc1. The molecule has 1 fully saturated rings. The van der Waals surface area contributed by atoms with E-state index in [2.05, 4.69) is 17.0 Å². The summed E-state index contributed by atoms with van der Waals surface area (Å²) in [6.45, 7) is 0.943. The van der Waals surface area contributed by atoms with Crippen molar-refractivity contribution in [2.24, 2.45) is 0 Å². The van der Waals surface area contributed by atoms with Crippen LogP contribution in [0.25, 0.3) is 0 Å². The first-order valence-corrected chi connectivity index (χ1v) is 12.1. The van der Waals surface area contributed by atoms with E-state index in [1.807, 2.05) is 12.1 Å². The number of imide groups is 1. The van der Waals surface area contributed by atoms with Crippen LogP contribution in [0, 0.1) is 0 Å². The standard InChI is InChI=1S/C29H26N2O6/c1-36-24-12-8-20(9-13-24)26(32)18-37-29(35)21-6-10-23(11-7-21)31-27(33)16-25(28(31)34)30-15-14-19-4-2-3-5-22(19)17-30/h2-13,25H,14-18H2,1H3. The summed E-state index contributed by atoms with van der Waals surface area (Å²) in [6, 6.07) is 20.2. The van der Waals surface area contributed by atoms with E-state index in [9.17, 15) is 19.2 Å². The van der Waals surface area contributed by atoms with Crippen LogP contribution in [0.3, 0.4) is 0 Å². The first kappa shape index (κ1) is 24.4. The van der Waals surface area contributed by atoms with Gasteiger partial charge in [-0.15, -0.1) is 0 Å². The Morgan fingerprint density at radius 1 is 0.892 bits per heavy atom. The minimum atomic E-state index is -0.669. The highest BCUT2D eigenvalue weighted by Crippen LogP contribution is 2.29. The molecule has 0 bridgehead atoms. The molecule has 2 heterocycles. The molecular formula is C29H26N2O6. The molecule has 0 radical (unpaired) electrons. The molecule has 0 N–H and O–H groups in total. The number of nitrogens with zero attached hydrogens (tertiary/aromatic N) is 2. The van der Waals surface area contributed by atoms with Gasteiger partial charge in [-0.2, -0.15) is 0 Å². The number of ketones is 1. The van der Waals surface area contributed by atoms with E-state index in [0.717, 1.165) is 6.42 Å². The number of methoxy groups -OCH3 is 1. The molecular weight excluding hydrogens is 472 g/mol. The maximum atomic E-state index is 13.2. The fourth-order valence-electron chi connectivity index (χ4n) is 4.78. The minimum absolute atomic E-state index is 0.123. The topological polar surface area (TPSA) is 93.2 Å². The van der Waals surface area contributed by atoms with E-state index >= 15 is 0 Å². The second kappa shape index (κ2) is 10.4. The Bertz CT molecular complexity index is 1350. The molecule has 2 amide bonds. The quantitative estimate of drug-likeness (QED) is 0.280. The molecule has 0 aliphatic carbocycles. The lowest BCUT2D eigenvalue weighted by Crippen LogP contribution is -2.44. The van der Waals surface area contributed by atoms with Gasteiger partial charge in [-0.3, -0.25) is 19.3 Å². The van der Waals surface area contributed by atoms with Crippen molar-refractivity contribution in [1.82, 2.24) is 4.90 Å². The third-order valence-corrected chi connectivity index (χ3v) is 6.83. The normalized spacial score (nSPS) is 17.4. The zero-order valence-electron chi connectivity index (χ0n) is 20.4. The molecule has 8 heteroatoms. The number of benzene rings is 3. The van der Waals surface area contributed by atoms with Crippen LogP contribution in [0.15, 0.2) is 72.8 Å². The smallest absolute Gasteiger partial charge is 0.338 e. The summed E-state index contributed by atoms with van der Waals surface area (Å²) in [6.07, 6.45) is 0.962. The number of hydrogen-bond acceptors (Lipinski definition) is 7. The highest BCUT2D eigenvalue weighted by molar-refractivity contribution is 6.22. The van der Waals surface area contributed by atoms with Crippen molar-refractivity contribution in [3.8, 4) is 5.75 Å². The van der Waals surface area contributed by atoms with Crippen molar-refractivity contribution < 1.29 is 28.7 Å². The molecule has 37 heavy (non-hydrogen) atoms. The van der Waals surface area contributed by atoms with Gasteiger partial charge in [-0.05, 0) is 66.1 Å². The van der Waals surface area contributed by atoms with Gasteiger partial charge in [0.05, 0.1) is 30.8 Å². The van der Waals surface area contributed by atoms with Crippen LogP contribution in [0.4, 0.5) is 5.69 Å². The molecule has 0 aromatic heterocycles. The Morgan fingerprint density at radius 3 is 2.27 bits per heavy atom. The van der Waals surface area contributed by atoms with E-state index in [-0.39, 0.29) is 29.6 Å². The predicted molar refractivity (Wildman–Crippen MR) is 136 cm³/mol.